The molecule has 32 heavy (non-hydrogen) atoms. The van der Waals surface area contributed by atoms with Crippen molar-refractivity contribution < 1.29 is 33.0 Å². The number of phenols is 1. The summed E-state index contributed by atoms with van der Waals surface area (Å²) in [5.74, 6) is -1.31. The van der Waals surface area contributed by atoms with Gasteiger partial charge in [0.15, 0.2) is 5.78 Å². The Morgan fingerprint density at radius 1 is 1.12 bits per heavy atom. The highest BCUT2D eigenvalue weighted by molar-refractivity contribution is 7.92. The van der Waals surface area contributed by atoms with Crippen LogP contribution in [0.5, 0.6) is 11.5 Å². The maximum absolute atomic E-state index is 12.6. The highest BCUT2D eigenvalue weighted by Crippen LogP contribution is 2.31. The standard InChI is InChI=1S/C22H20N2O7S/c1-13-20(7-6-19(14(2)25)21(13)26)31-12-15-4-3-5-17(8-15)24-32(29,30)18-9-16(22(27)28)10-23-11-18/h3-11,24,26H,12H2,1-2H3,(H,27,28). The summed E-state index contributed by atoms with van der Waals surface area (Å²) < 4.78 is 33.3. The maximum Gasteiger partial charge on any atom is 0.337 e. The fourth-order valence-electron chi connectivity index (χ4n) is 2.90. The van der Waals surface area contributed by atoms with Gasteiger partial charge in [-0.25, -0.2) is 13.2 Å². The second-order valence-electron chi connectivity index (χ2n) is 6.95. The lowest BCUT2D eigenvalue weighted by molar-refractivity contribution is 0.0696. The zero-order chi connectivity index (χ0) is 23.5. The first kappa shape index (κ1) is 22.8. The summed E-state index contributed by atoms with van der Waals surface area (Å²) in [6.07, 6.45) is 2.11. The number of phenolic OH excluding ortho intramolecular Hbond substituents is 1. The summed E-state index contributed by atoms with van der Waals surface area (Å²) in [7, 11) is -4.06. The second kappa shape index (κ2) is 9.06. The second-order valence-corrected chi connectivity index (χ2v) is 8.63. The van der Waals surface area contributed by atoms with Crippen LogP contribution in [0.4, 0.5) is 5.69 Å². The summed E-state index contributed by atoms with van der Waals surface area (Å²) in [6.45, 7) is 3.06. The number of ketones is 1. The number of aromatic carboxylic acids is 1. The molecular formula is C22H20N2O7S. The number of ether oxygens (including phenoxy) is 1. The van der Waals surface area contributed by atoms with Crippen LogP contribution in [0, 0.1) is 6.92 Å². The average Bonchev–Trinajstić information content (AvgIpc) is 2.74. The summed E-state index contributed by atoms with van der Waals surface area (Å²) in [5.41, 5.74) is 1.26. The molecule has 10 heteroatoms. The van der Waals surface area contributed by atoms with E-state index < -0.39 is 16.0 Å². The topological polar surface area (TPSA) is 143 Å². The Labute approximate surface area is 184 Å². The Morgan fingerprint density at radius 3 is 2.56 bits per heavy atom. The Balaban J connectivity index is 1.76. The van der Waals surface area contributed by atoms with Gasteiger partial charge in [0.25, 0.3) is 10.0 Å². The van der Waals surface area contributed by atoms with Crippen LogP contribution in [-0.2, 0) is 16.6 Å². The van der Waals surface area contributed by atoms with Gasteiger partial charge in [0.1, 0.15) is 23.0 Å². The van der Waals surface area contributed by atoms with Gasteiger partial charge in [-0.1, -0.05) is 12.1 Å². The van der Waals surface area contributed by atoms with Crippen LogP contribution < -0.4 is 9.46 Å². The molecule has 3 rings (SSSR count). The number of sulfonamides is 1. The van der Waals surface area contributed by atoms with Crippen molar-refractivity contribution in [2.24, 2.45) is 0 Å². The van der Waals surface area contributed by atoms with Crippen LogP contribution in [0.2, 0.25) is 0 Å². The van der Waals surface area contributed by atoms with Gasteiger partial charge in [0.2, 0.25) is 0 Å². The number of hydrogen-bond donors (Lipinski definition) is 3. The van der Waals surface area contributed by atoms with Gasteiger partial charge in [-0.05, 0) is 49.7 Å². The van der Waals surface area contributed by atoms with E-state index in [4.69, 9.17) is 9.84 Å². The molecule has 0 fully saturated rings. The molecule has 0 spiro atoms. The largest absolute Gasteiger partial charge is 0.507 e. The Hall–Kier alpha value is -3.92. The zero-order valence-electron chi connectivity index (χ0n) is 17.2. The minimum atomic E-state index is -4.06. The first-order valence-corrected chi connectivity index (χ1v) is 10.8. The number of anilines is 1. The van der Waals surface area contributed by atoms with Crippen molar-refractivity contribution in [3.63, 3.8) is 0 Å². The molecule has 0 aliphatic heterocycles. The number of carbonyl (C=O) groups excluding carboxylic acids is 1. The fourth-order valence-corrected chi connectivity index (χ4v) is 3.94. The molecule has 0 unspecified atom stereocenters. The molecule has 2 aromatic carbocycles. The molecular weight excluding hydrogens is 436 g/mol. The lowest BCUT2D eigenvalue weighted by Gasteiger charge is -2.13. The van der Waals surface area contributed by atoms with Gasteiger partial charge in [0, 0.05) is 23.6 Å². The fraction of sp³-hybridized carbons (Fsp3) is 0.136. The normalized spacial score (nSPS) is 11.1. The van der Waals surface area contributed by atoms with Crippen molar-refractivity contribution in [1.29, 1.82) is 0 Å². The number of benzene rings is 2. The number of aromatic nitrogens is 1. The molecule has 166 valence electrons. The molecule has 0 bridgehead atoms. The smallest absolute Gasteiger partial charge is 0.337 e. The van der Waals surface area contributed by atoms with Crippen molar-refractivity contribution in [2.45, 2.75) is 25.3 Å². The predicted octanol–water partition coefficient (Wildman–Crippen LogP) is 3.38. The van der Waals surface area contributed by atoms with Gasteiger partial charge >= 0.3 is 5.97 Å². The summed E-state index contributed by atoms with van der Waals surface area (Å²) in [6, 6.07) is 10.5. The minimum absolute atomic E-state index is 0.0747. The molecule has 1 aromatic heterocycles. The van der Waals surface area contributed by atoms with Crippen LogP contribution >= 0.6 is 0 Å². The van der Waals surface area contributed by atoms with E-state index in [0.29, 0.717) is 16.9 Å². The average molecular weight is 456 g/mol. The Kier molecular flexibility index (Phi) is 6.45. The number of rotatable bonds is 8. The molecule has 0 radical (unpaired) electrons. The van der Waals surface area contributed by atoms with E-state index in [1.54, 1.807) is 31.2 Å². The minimum Gasteiger partial charge on any atom is -0.507 e. The number of pyridine rings is 1. The SMILES string of the molecule is CC(=O)c1ccc(OCc2cccc(NS(=O)(=O)c3cncc(C(=O)O)c3)c2)c(C)c1O. The molecule has 0 aliphatic carbocycles. The Bertz CT molecular complexity index is 1300. The molecule has 3 N–H and O–H groups in total. The van der Waals surface area contributed by atoms with Crippen molar-refractivity contribution in [1.82, 2.24) is 4.98 Å². The third kappa shape index (κ3) is 5.03. The molecule has 1 heterocycles. The van der Waals surface area contributed by atoms with E-state index in [1.165, 1.54) is 19.1 Å². The van der Waals surface area contributed by atoms with E-state index in [0.717, 1.165) is 18.5 Å². The van der Waals surface area contributed by atoms with E-state index >= 15 is 0 Å². The zero-order valence-corrected chi connectivity index (χ0v) is 18.0. The number of carbonyl (C=O) groups is 2. The van der Waals surface area contributed by atoms with Crippen molar-refractivity contribution >= 4 is 27.5 Å². The van der Waals surface area contributed by atoms with Gasteiger partial charge in [-0.15, -0.1) is 0 Å². The lowest BCUT2D eigenvalue weighted by atomic mass is 10.1. The number of aromatic hydroxyl groups is 1. The summed E-state index contributed by atoms with van der Waals surface area (Å²) in [5, 5.41) is 19.2. The van der Waals surface area contributed by atoms with Gasteiger partial charge < -0.3 is 14.9 Å². The van der Waals surface area contributed by atoms with E-state index in [-0.39, 0.29) is 39.8 Å². The van der Waals surface area contributed by atoms with Gasteiger partial charge in [0.05, 0.1) is 11.1 Å². The highest BCUT2D eigenvalue weighted by Gasteiger charge is 2.18. The van der Waals surface area contributed by atoms with Crippen molar-refractivity contribution in [2.75, 3.05) is 4.72 Å². The summed E-state index contributed by atoms with van der Waals surface area (Å²) in [4.78, 5) is 26.0. The third-order valence-electron chi connectivity index (χ3n) is 4.60. The molecule has 0 saturated carbocycles. The number of hydrogen-bond acceptors (Lipinski definition) is 7. The van der Waals surface area contributed by atoms with Crippen LogP contribution in [0.1, 0.15) is 38.8 Å². The van der Waals surface area contributed by atoms with Crippen LogP contribution in [0.25, 0.3) is 0 Å². The van der Waals surface area contributed by atoms with Gasteiger partial charge in [-0.2, -0.15) is 0 Å². The number of Topliss-reactive ketones (excluding diaryl/α,β-unsaturated/α-hetero) is 1. The Morgan fingerprint density at radius 2 is 1.88 bits per heavy atom. The molecule has 0 amide bonds. The molecule has 0 atom stereocenters. The number of carboxylic acid groups (broad SMARTS) is 1. The van der Waals surface area contributed by atoms with E-state index in [2.05, 4.69) is 9.71 Å². The first-order chi connectivity index (χ1) is 15.1. The van der Waals surface area contributed by atoms with E-state index in [1.807, 2.05) is 0 Å². The van der Waals surface area contributed by atoms with Crippen molar-refractivity contribution in [3.8, 4) is 11.5 Å². The highest BCUT2D eigenvalue weighted by atomic mass is 32.2. The predicted molar refractivity (Wildman–Crippen MR) is 116 cm³/mol. The molecule has 0 saturated heterocycles. The van der Waals surface area contributed by atoms with Crippen LogP contribution in [0.15, 0.2) is 59.8 Å². The molecule has 3 aromatic rings. The monoisotopic (exact) mass is 456 g/mol. The number of nitrogens with zero attached hydrogens (tertiary/aromatic N) is 1. The van der Waals surface area contributed by atoms with Crippen LogP contribution in [-0.4, -0.2) is 35.4 Å². The van der Waals surface area contributed by atoms with Crippen LogP contribution in [0.3, 0.4) is 0 Å². The quantitative estimate of drug-likeness (QED) is 0.438. The summed E-state index contributed by atoms with van der Waals surface area (Å²) >= 11 is 0. The molecule has 0 aliphatic rings. The van der Waals surface area contributed by atoms with E-state index in [9.17, 15) is 23.1 Å². The van der Waals surface area contributed by atoms with Gasteiger partial charge in [-0.3, -0.25) is 14.5 Å². The molecule has 9 nitrogen and oxygen atoms in total. The first-order valence-electron chi connectivity index (χ1n) is 9.35. The number of nitrogens with one attached hydrogen (secondary N) is 1. The third-order valence-corrected chi connectivity index (χ3v) is 5.95. The number of carboxylic acids is 1. The van der Waals surface area contributed by atoms with Crippen molar-refractivity contribution in [3.05, 3.63) is 77.1 Å². The lowest BCUT2D eigenvalue weighted by Crippen LogP contribution is -2.14. The maximum atomic E-state index is 12.6.